The summed E-state index contributed by atoms with van der Waals surface area (Å²) in [6.45, 7) is 8.25. The molecule has 1 aromatic rings. The molecule has 106 valence electrons. The molecule has 1 aromatic heterocycles. The molecule has 0 unspecified atom stereocenters. The number of carbonyl (C=O) groups is 1. The van der Waals surface area contributed by atoms with Crippen molar-refractivity contribution in [2.24, 2.45) is 5.73 Å². The number of nitrogens with one attached hydrogen (secondary N) is 1. The zero-order chi connectivity index (χ0) is 14.3. The highest BCUT2D eigenvalue weighted by Gasteiger charge is 2.07. The summed E-state index contributed by atoms with van der Waals surface area (Å²) in [5.74, 6) is 0.0913. The Kier molecular flexibility index (Phi) is 6.08. The van der Waals surface area contributed by atoms with Crippen LogP contribution in [0.25, 0.3) is 0 Å². The SMILES string of the molecule is CCN(CC)CCCNc1cc(C(N)=O)c(N)cn1. The number of primary amides is 1. The summed E-state index contributed by atoms with van der Waals surface area (Å²) in [7, 11) is 0. The molecule has 0 bridgehead atoms. The molecule has 6 nitrogen and oxygen atoms in total. The molecule has 0 atom stereocenters. The molecule has 0 saturated heterocycles. The highest BCUT2D eigenvalue weighted by molar-refractivity contribution is 5.98. The Morgan fingerprint density at radius 1 is 1.42 bits per heavy atom. The Morgan fingerprint density at radius 2 is 2.11 bits per heavy atom. The Hall–Kier alpha value is -1.82. The third kappa shape index (κ3) is 4.75. The Morgan fingerprint density at radius 3 is 2.68 bits per heavy atom. The molecule has 0 fully saturated rings. The standard InChI is InChI=1S/C13H23N5O/c1-3-18(4-2)7-5-6-16-12-8-10(13(15)19)11(14)9-17-12/h8-9H,3-7,14H2,1-2H3,(H2,15,19)(H,16,17). The van der Waals surface area contributed by atoms with Gasteiger partial charge in [-0.25, -0.2) is 4.98 Å². The first kappa shape index (κ1) is 15.2. The first-order valence-corrected chi connectivity index (χ1v) is 6.60. The zero-order valence-electron chi connectivity index (χ0n) is 11.6. The van der Waals surface area contributed by atoms with Crippen LogP contribution in [-0.2, 0) is 0 Å². The first-order valence-electron chi connectivity index (χ1n) is 6.60. The van der Waals surface area contributed by atoms with Crippen molar-refractivity contribution in [3.05, 3.63) is 17.8 Å². The maximum Gasteiger partial charge on any atom is 0.250 e. The largest absolute Gasteiger partial charge is 0.397 e. The number of hydrogen-bond acceptors (Lipinski definition) is 5. The van der Waals surface area contributed by atoms with E-state index in [2.05, 4.69) is 29.0 Å². The van der Waals surface area contributed by atoms with E-state index in [0.29, 0.717) is 17.1 Å². The zero-order valence-corrected chi connectivity index (χ0v) is 11.6. The summed E-state index contributed by atoms with van der Waals surface area (Å²) in [6.07, 6.45) is 2.46. The number of aromatic nitrogens is 1. The van der Waals surface area contributed by atoms with Crippen molar-refractivity contribution in [2.75, 3.05) is 37.2 Å². The van der Waals surface area contributed by atoms with Gasteiger partial charge in [0, 0.05) is 6.54 Å². The van der Waals surface area contributed by atoms with Crippen LogP contribution in [0.5, 0.6) is 0 Å². The molecule has 0 spiro atoms. The highest BCUT2D eigenvalue weighted by atomic mass is 16.1. The lowest BCUT2D eigenvalue weighted by molar-refractivity contribution is 0.100. The van der Waals surface area contributed by atoms with E-state index < -0.39 is 5.91 Å². The van der Waals surface area contributed by atoms with Crippen molar-refractivity contribution in [2.45, 2.75) is 20.3 Å². The van der Waals surface area contributed by atoms with Crippen LogP contribution in [0, 0.1) is 0 Å². The molecule has 1 amide bonds. The van der Waals surface area contributed by atoms with E-state index >= 15 is 0 Å². The number of amides is 1. The summed E-state index contributed by atoms with van der Waals surface area (Å²) in [6, 6.07) is 1.59. The van der Waals surface area contributed by atoms with E-state index in [9.17, 15) is 4.79 Å². The molecule has 19 heavy (non-hydrogen) atoms. The summed E-state index contributed by atoms with van der Waals surface area (Å²) >= 11 is 0. The minimum Gasteiger partial charge on any atom is -0.397 e. The lowest BCUT2D eigenvalue weighted by Gasteiger charge is -2.17. The van der Waals surface area contributed by atoms with Gasteiger partial charge >= 0.3 is 0 Å². The molecule has 0 aliphatic rings. The van der Waals surface area contributed by atoms with E-state index in [-0.39, 0.29) is 0 Å². The van der Waals surface area contributed by atoms with Gasteiger partial charge in [0.25, 0.3) is 5.91 Å². The second-order valence-electron chi connectivity index (χ2n) is 4.33. The first-order chi connectivity index (χ1) is 9.08. The van der Waals surface area contributed by atoms with Gasteiger partial charge in [0.1, 0.15) is 5.82 Å². The van der Waals surface area contributed by atoms with Gasteiger partial charge in [0.05, 0.1) is 17.4 Å². The van der Waals surface area contributed by atoms with Crippen molar-refractivity contribution < 1.29 is 4.79 Å². The fourth-order valence-electron chi connectivity index (χ4n) is 1.83. The lowest BCUT2D eigenvalue weighted by Crippen LogP contribution is -2.25. The maximum absolute atomic E-state index is 11.2. The molecule has 0 aliphatic heterocycles. The predicted octanol–water partition coefficient (Wildman–Crippen LogP) is 0.907. The molecule has 6 heteroatoms. The van der Waals surface area contributed by atoms with Gasteiger partial charge in [-0.3, -0.25) is 4.79 Å². The molecule has 1 rings (SSSR count). The highest BCUT2D eigenvalue weighted by Crippen LogP contribution is 2.13. The molecule has 1 heterocycles. The van der Waals surface area contributed by atoms with Crippen LogP contribution in [0.4, 0.5) is 11.5 Å². The number of nitrogens with two attached hydrogens (primary N) is 2. The van der Waals surface area contributed by atoms with Crippen molar-refractivity contribution in [3.63, 3.8) is 0 Å². The Balaban J connectivity index is 2.46. The van der Waals surface area contributed by atoms with E-state index in [4.69, 9.17) is 11.5 Å². The number of pyridine rings is 1. The van der Waals surface area contributed by atoms with Crippen LogP contribution in [0.3, 0.4) is 0 Å². The van der Waals surface area contributed by atoms with E-state index in [1.807, 2.05) is 0 Å². The van der Waals surface area contributed by atoms with Crippen LogP contribution in [0.1, 0.15) is 30.6 Å². The summed E-state index contributed by atoms with van der Waals surface area (Å²) in [5.41, 5.74) is 11.5. The van der Waals surface area contributed by atoms with Crippen LogP contribution in [0.15, 0.2) is 12.3 Å². The van der Waals surface area contributed by atoms with Crippen molar-refractivity contribution >= 4 is 17.4 Å². The molecule has 0 aliphatic carbocycles. The fraction of sp³-hybridized carbons (Fsp3) is 0.538. The molecule has 0 radical (unpaired) electrons. The monoisotopic (exact) mass is 265 g/mol. The average molecular weight is 265 g/mol. The van der Waals surface area contributed by atoms with E-state index in [1.165, 1.54) is 6.20 Å². The van der Waals surface area contributed by atoms with Crippen molar-refractivity contribution in [1.82, 2.24) is 9.88 Å². The molecular formula is C13H23N5O. The topological polar surface area (TPSA) is 97.3 Å². The van der Waals surface area contributed by atoms with Crippen molar-refractivity contribution in [3.8, 4) is 0 Å². The number of hydrogen-bond donors (Lipinski definition) is 3. The minimum absolute atomic E-state index is 0.307. The molecular weight excluding hydrogens is 242 g/mol. The van der Waals surface area contributed by atoms with Gasteiger partial charge in [0.2, 0.25) is 0 Å². The Bertz CT molecular complexity index is 417. The molecule has 5 N–H and O–H groups in total. The second-order valence-corrected chi connectivity index (χ2v) is 4.33. The second kappa shape index (κ2) is 7.58. The smallest absolute Gasteiger partial charge is 0.250 e. The number of carbonyl (C=O) groups excluding carboxylic acids is 1. The summed E-state index contributed by atoms with van der Waals surface area (Å²) in [4.78, 5) is 17.6. The maximum atomic E-state index is 11.2. The third-order valence-electron chi connectivity index (χ3n) is 3.05. The number of rotatable bonds is 8. The van der Waals surface area contributed by atoms with E-state index in [0.717, 1.165) is 32.6 Å². The van der Waals surface area contributed by atoms with Crippen LogP contribution < -0.4 is 16.8 Å². The van der Waals surface area contributed by atoms with Gasteiger partial charge in [-0.05, 0) is 32.1 Å². The van der Waals surface area contributed by atoms with Gasteiger partial charge in [-0.15, -0.1) is 0 Å². The molecule has 0 aromatic carbocycles. The number of nitrogen functional groups attached to an aromatic ring is 1. The van der Waals surface area contributed by atoms with Gasteiger partial charge in [-0.1, -0.05) is 13.8 Å². The van der Waals surface area contributed by atoms with Crippen molar-refractivity contribution in [1.29, 1.82) is 0 Å². The average Bonchev–Trinajstić information content (AvgIpc) is 2.40. The van der Waals surface area contributed by atoms with E-state index in [1.54, 1.807) is 6.07 Å². The molecule has 0 saturated carbocycles. The van der Waals surface area contributed by atoms with Gasteiger partial charge < -0.3 is 21.7 Å². The summed E-state index contributed by atoms with van der Waals surface area (Å²) < 4.78 is 0. The normalized spacial score (nSPS) is 10.7. The van der Waals surface area contributed by atoms with Crippen LogP contribution >= 0.6 is 0 Å². The fourth-order valence-corrected chi connectivity index (χ4v) is 1.83. The van der Waals surface area contributed by atoms with Crippen LogP contribution in [0.2, 0.25) is 0 Å². The quantitative estimate of drug-likeness (QED) is 0.607. The number of anilines is 2. The minimum atomic E-state index is -0.536. The third-order valence-corrected chi connectivity index (χ3v) is 3.05. The number of nitrogens with zero attached hydrogens (tertiary/aromatic N) is 2. The predicted molar refractivity (Wildman–Crippen MR) is 78.1 cm³/mol. The van der Waals surface area contributed by atoms with Gasteiger partial charge in [0.15, 0.2) is 0 Å². The van der Waals surface area contributed by atoms with Crippen LogP contribution in [-0.4, -0.2) is 42.0 Å². The van der Waals surface area contributed by atoms with Gasteiger partial charge in [-0.2, -0.15) is 0 Å². The lowest BCUT2D eigenvalue weighted by atomic mass is 10.2. The Labute approximate surface area is 114 Å². The summed E-state index contributed by atoms with van der Waals surface area (Å²) in [5, 5.41) is 3.17.